The molecule has 0 unspecified atom stereocenters. The fourth-order valence-corrected chi connectivity index (χ4v) is 0.546. The van der Waals surface area contributed by atoms with Crippen molar-refractivity contribution >= 4 is 12.5 Å². The number of nitrogens with zero attached hydrogens (tertiary/aromatic N) is 1. The van der Waals surface area contributed by atoms with Crippen molar-refractivity contribution in [2.45, 2.75) is 0 Å². The van der Waals surface area contributed by atoms with Gasteiger partial charge in [-0.15, -0.1) is 0 Å². The van der Waals surface area contributed by atoms with Gasteiger partial charge in [0, 0.05) is 18.9 Å². The third-order valence-electron chi connectivity index (χ3n) is 1.19. The molecule has 0 saturated heterocycles. The number of aliphatic imine (C=N–C) groups is 1. The highest BCUT2D eigenvalue weighted by Crippen LogP contribution is 1.88. The Hall–Kier alpha value is -1.42. The summed E-state index contributed by atoms with van der Waals surface area (Å²) in [6.07, 6.45) is 5.88. The summed E-state index contributed by atoms with van der Waals surface area (Å²) in [5.74, 6) is 0. The van der Waals surface area contributed by atoms with Crippen LogP contribution in [0.1, 0.15) is 0 Å². The first-order valence-electron chi connectivity index (χ1n) is 3.80. The van der Waals surface area contributed by atoms with Crippen LogP contribution >= 0.6 is 0 Å². The van der Waals surface area contributed by atoms with Gasteiger partial charge in [0.15, 0.2) is 6.29 Å². The molecule has 0 saturated carbocycles. The SMILES string of the molecule is COCCN=C/C=C\C(C=O)=C\O. The van der Waals surface area contributed by atoms with Gasteiger partial charge in [-0.3, -0.25) is 9.79 Å². The molecule has 0 aliphatic rings. The number of rotatable bonds is 6. The maximum atomic E-state index is 10.2. The summed E-state index contributed by atoms with van der Waals surface area (Å²) in [5, 5.41) is 8.46. The number of hydrogen-bond donors (Lipinski definition) is 1. The van der Waals surface area contributed by atoms with Crippen molar-refractivity contribution in [2.24, 2.45) is 4.99 Å². The molecular weight excluding hydrogens is 170 g/mol. The van der Waals surface area contributed by atoms with Gasteiger partial charge < -0.3 is 9.84 Å². The molecule has 4 heteroatoms. The number of methoxy groups -OCH3 is 1. The average Bonchev–Trinajstić information content (AvgIpc) is 2.17. The van der Waals surface area contributed by atoms with Gasteiger partial charge in [-0.1, -0.05) is 0 Å². The number of aldehydes is 1. The highest BCUT2D eigenvalue weighted by atomic mass is 16.5. The lowest BCUT2D eigenvalue weighted by atomic mass is 10.3. The van der Waals surface area contributed by atoms with Gasteiger partial charge >= 0.3 is 0 Å². The molecule has 13 heavy (non-hydrogen) atoms. The van der Waals surface area contributed by atoms with Crippen LogP contribution in [0.3, 0.4) is 0 Å². The van der Waals surface area contributed by atoms with Gasteiger partial charge in [-0.05, 0) is 12.2 Å². The zero-order valence-electron chi connectivity index (χ0n) is 7.51. The number of aliphatic hydroxyl groups is 1. The highest BCUT2D eigenvalue weighted by molar-refractivity contribution is 5.81. The molecule has 0 aromatic rings. The van der Waals surface area contributed by atoms with Crippen LogP contribution < -0.4 is 0 Å². The van der Waals surface area contributed by atoms with Crippen molar-refractivity contribution in [3.63, 3.8) is 0 Å². The van der Waals surface area contributed by atoms with E-state index >= 15 is 0 Å². The van der Waals surface area contributed by atoms with Crippen LogP contribution in [0.5, 0.6) is 0 Å². The molecule has 0 aromatic carbocycles. The summed E-state index contributed by atoms with van der Waals surface area (Å²) < 4.78 is 4.77. The molecule has 0 fully saturated rings. The number of carbonyl (C=O) groups is 1. The molecule has 0 aliphatic carbocycles. The molecule has 0 heterocycles. The normalized spacial score (nSPS) is 12.8. The second kappa shape index (κ2) is 8.67. The second-order valence-corrected chi connectivity index (χ2v) is 2.15. The van der Waals surface area contributed by atoms with Crippen LogP contribution in [0.2, 0.25) is 0 Å². The topological polar surface area (TPSA) is 58.9 Å². The lowest BCUT2D eigenvalue weighted by molar-refractivity contribution is -0.104. The van der Waals surface area contributed by atoms with E-state index in [0.29, 0.717) is 19.4 Å². The first-order valence-corrected chi connectivity index (χ1v) is 3.80. The van der Waals surface area contributed by atoms with E-state index in [-0.39, 0.29) is 5.57 Å². The average molecular weight is 183 g/mol. The van der Waals surface area contributed by atoms with Crippen LogP contribution in [0.4, 0.5) is 0 Å². The third-order valence-corrected chi connectivity index (χ3v) is 1.19. The molecular formula is C9H13NO3. The predicted molar refractivity (Wildman–Crippen MR) is 51.2 cm³/mol. The van der Waals surface area contributed by atoms with Crippen molar-refractivity contribution < 1.29 is 14.6 Å². The molecule has 0 aliphatic heterocycles. The second-order valence-electron chi connectivity index (χ2n) is 2.15. The number of carbonyl (C=O) groups excluding carboxylic acids is 1. The summed E-state index contributed by atoms with van der Waals surface area (Å²) in [6, 6.07) is 0. The number of ether oxygens (including phenoxy) is 1. The maximum absolute atomic E-state index is 10.2. The van der Waals surface area contributed by atoms with Crippen molar-refractivity contribution in [3.8, 4) is 0 Å². The van der Waals surface area contributed by atoms with E-state index in [1.165, 1.54) is 6.08 Å². The Bertz CT molecular complexity index is 219. The highest BCUT2D eigenvalue weighted by Gasteiger charge is 1.83. The Labute approximate surface area is 77.2 Å². The molecule has 72 valence electrons. The summed E-state index contributed by atoms with van der Waals surface area (Å²) in [6.45, 7) is 1.15. The number of hydrogen-bond acceptors (Lipinski definition) is 4. The Morgan fingerprint density at radius 1 is 1.62 bits per heavy atom. The fourth-order valence-electron chi connectivity index (χ4n) is 0.546. The van der Waals surface area contributed by atoms with Crippen LogP contribution in [-0.2, 0) is 9.53 Å². The monoisotopic (exact) mass is 183 g/mol. The summed E-state index contributed by atoms with van der Waals surface area (Å²) >= 11 is 0. The minimum Gasteiger partial charge on any atom is -0.515 e. The lowest BCUT2D eigenvalue weighted by Gasteiger charge is -1.89. The van der Waals surface area contributed by atoms with Crippen LogP contribution in [0, 0.1) is 0 Å². The van der Waals surface area contributed by atoms with E-state index in [2.05, 4.69) is 4.99 Å². The van der Waals surface area contributed by atoms with Crippen molar-refractivity contribution in [1.29, 1.82) is 0 Å². The van der Waals surface area contributed by atoms with Crippen LogP contribution in [-0.4, -0.2) is 37.9 Å². The van der Waals surface area contributed by atoms with E-state index in [0.717, 1.165) is 6.26 Å². The standard InChI is InChI=1S/C9H13NO3/c1-13-6-5-10-4-2-3-9(7-11)8-12/h2-4,7-8,11H,5-6H2,1H3/b3-2-,9-7-,10-4?. The fraction of sp³-hybridized carbons (Fsp3) is 0.333. The molecule has 0 rings (SSSR count). The van der Waals surface area contributed by atoms with Crippen molar-refractivity contribution in [3.05, 3.63) is 24.0 Å². The minimum atomic E-state index is 0.207. The Kier molecular flexibility index (Phi) is 7.73. The first kappa shape index (κ1) is 11.6. The quantitative estimate of drug-likeness (QED) is 0.166. The van der Waals surface area contributed by atoms with Gasteiger partial charge in [-0.2, -0.15) is 0 Å². The van der Waals surface area contributed by atoms with Crippen molar-refractivity contribution in [1.82, 2.24) is 0 Å². The Morgan fingerprint density at radius 2 is 2.38 bits per heavy atom. The maximum Gasteiger partial charge on any atom is 0.153 e. The van der Waals surface area contributed by atoms with Gasteiger partial charge in [0.05, 0.1) is 19.4 Å². The minimum absolute atomic E-state index is 0.207. The largest absolute Gasteiger partial charge is 0.515 e. The van der Waals surface area contributed by atoms with Crippen LogP contribution in [0.15, 0.2) is 29.0 Å². The molecule has 1 N–H and O–H groups in total. The zero-order valence-corrected chi connectivity index (χ0v) is 7.51. The first-order chi connectivity index (χ1) is 6.35. The van der Waals surface area contributed by atoms with E-state index in [4.69, 9.17) is 9.84 Å². The molecule has 0 amide bonds. The molecule has 0 atom stereocenters. The Morgan fingerprint density at radius 3 is 2.92 bits per heavy atom. The van der Waals surface area contributed by atoms with E-state index in [1.54, 1.807) is 19.4 Å². The molecule has 0 bridgehead atoms. The molecule has 0 radical (unpaired) electrons. The summed E-state index contributed by atoms with van der Waals surface area (Å²) in [7, 11) is 1.60. The predicted octanol–water partition coefficient (Wildman–Crippen LogP) is 0.901. The van der Waals surface area contributed by atoms with E-state index in [9.17, 15) is 4.79 Å². The molecule has 4 nitrogen and oxygen atoms in total. The summed E-state index contributed by atoms with van der Waals surface area (Å²) in [5.41, 5.74) is 0.207. The number of aliphatic hydroxyl groups excluding tert-OH is 1. The Balaban J connectivity index is 3.73. The van der Waals surface area contributed by atoms with Gasteiger partial charge in [0.2, 0.25) is 0 Å². The van der Waals surface area contributed by atoms with Gasteiger partial charge in [0.1, 0.15) is 0 Å². The van der Waals surface area contributed by atoms with Gasteiger partial charge in [-0.25, -0.2) is 0 Å². The van der Waals surface area contributed by atoms with E-state index < -0.39 is 0 Å². The summed E-state index contributed by atoms with van der Waals surface area (Å²) in [4.78, 5) is 14.1. The molecule has 0 spiro atoms. The van der Waals surface area contributed by atoms with Crippen molar-refractivity contribution in [2.75, 3.05) is 20.3 Å². The number of allylic oxidation sites excluding steroid dienone is 3. The van der Waals surface area contributed by atoms with E-state index in [1.807, 2.05) is 0 Å². The van der Waals surface area contributed by atoms with Crippen LogP contribution in [0.25, 0.3) is 0 Å². The zero-order chi connectivity index (χ0) is 9.94. The third kappa shape index (κ3) is 6.96. The lowest BCUT2D eigenvalue weighted by Crippen LogP contribution is -1.91. The smallest absolute Gasteiger partial charge is 0.153 e. The van der Waals surface area contributed by atoms with Gasteiger partial charge in [0.25, 0.3) is 0 Å². The molecule has 0 aromatic heterocycles.